The number of amides is 1. The zero-order chi connectivity index (χ0) is 25.5. The molecule has 0 spiro atoms. The van der Waals surface area contributed by atoms with Crippen molar-refractivity contribution in [3.63, 3.8) is 0 Å². The van der Waals surface area contributed by atoms with Crippen molar-refractivity contribution in [2.75, 3.05) is 33.5 Å². The third kappa shape index (κ3) is 5.59. The standard InChI is InChI=1S/C27H33NO7/c1-5-7-13-35-21-11-9-19(15-17(21)3)25(30)23-24(28(12-14-33-4)27(32)26(23)31)18-8-10-20(29)22(16-18)34-6-2/h8-11,15-16,24,29-30H,5-7,12-14H2,1-4H3/b25-23+. The first-order valence-electron chi connectivity index (χ1n) is 11.8. The number of ether oxygens (including phenoxy) is 3. The molecule has 1 aliphatic heterocycles. The molecular weight excluding hydrogens is 450 g/mol. The van der Waals surface area contributed by atoms with Gasteiger partial charge in [0.1, 0.15) is 11.5 Å². The van der Waals surface area contributed by atoms with Gasteiger partial charge in [0.15, 0.2) is 11.5 Å². The van der Waals surface area contributed by atoms with Crippen molar-refractivity contribution in [2.24, 2.45) is 0 Å². The average molecular weight is 484 g/mol. The summed E-state index contributed by atoms with van der Waals surface area (Å²) >= 11 is 0. The number of carbonyl (C=O) groups excluding carboxylic acids is 2. The topological polar surface area (TPSA) is 106 Å². The van der Waals surface area contributed by atoms with Crippen molar-refractivity contribution in [1.82, 2.24) is 4.90 Å². The summed E-state index contributed by atoms with van der Waals surface area (Å²) in [4.78, 5) is 27.5. The van der Waals surface area contributed by atoms with E-state index in [1.807, 2.05) is 6.92 Å². The van der Waals surface area contributed by atoms with E-state index in [0.717, 1.165) is 18.4 Å². The number of nitrogens with zero attached hydrogens (tertiary/aromatic N) is 1. The predicted molar refractivity (Wildman–Crippen MR) is 132 cm³/mol. The molecule has 0 aromatic heterocycles. The van der Waals surface area contributed by atoms with Crippen molar-refractivity contribution in [1.29, 1.82) is 0 Å². The number of aromatic hydroxyl groups is 1. The first-order chi connectivity index (χ1) is 16.8. The summed E-state index contributed by atoms with van der Waals surface area (Å²) in [5.41, 5.74) is 1.71. The molecular formula is C27H33NO7. The fraction of sp³-hybridized carbons (Fsp3) is 0.407. The number of phenolic OH excluding ortho intramolecular Hbond substituents is 1. The maximum atomic E-state index is 13.1. The average Bonchev–Trinajstić information content (AvgIpc) is 3.09. The minimum absolute atomic E-state index is 0.0294. The fourth-order valence-electron chi connectivity index (χ4n) is 4.06. The normalized spacial score (nSPS) is 17.1. The number of benzene rings is 2. The second-order valence-corrected chi connectivity index (χ2v) is 8.33. The van der Waals surface area contributed by atoms with Gasteiger partial charge in [-0.2, -0.15) is 0 Å². The molecule has 8 nitrogen and oxygen atoms in total. The van der Waals surface area contributed by atoms with Crippen molar-refractivity contribution in [3.8, 4) is 17.2 Å². The molecule has 2 aromatic carbocycles. The van der Waals surface area contributed by atoms with Crippen LogP contribution in [0.5, 0.6) is 17.2 Å². The fourth-order valence-corrected chi connectivity index (χ4v) is 4.06. The van der Waals surface area contributed by atoms with Crippen LogP contribution in [0.2, 0.25) is 0 Å². The molecule has 1 saturated heterocycles. The zero-order valence-corrected chi connectivity index (χ0v) is 20.7. The van der Waals surface area contributed by atoms with Crippen LogP contribution >= 0.6 is 0 Å². The van der Waals surface area contributed by atoms with Crippen LogP contribution in [0, 0.1) is 6.92 Å². The number of hydrogen-bond acceptors (Lipinski definition) is 7. The summed E-state index contributed by atoms with van der Waals surface area (Å²) in [5, 5.41) is 21.4. The Hall–Kier alpha value is -3.52. The molecule has 1 amide bonds. The molecule has 35 heavy (non-hydrogen) atoms. The lowest BCUT2D eigenvalue weighted by Gasteiger charge is -2.25. The highest BCUT2D eigenvalue weighted by atomic mass is 16.5. The van der Waals surface area contributed by atoms with Crippen LogP contribution in [0.3, 0.4) is 0 Å². The summed E-state index contributed by atoms with van der Waals surface area (Å²) in [5.74, 6) is -0.911. The van der Waals surface area contributed by atoms with E-state index in [9.17, 15) is 19.8 Å². The molecule has 1 fully saturated rings. The molecule has 0 radical (unpaired) electrons. The van der Waals surface area contributed by atoms with Gasteiger partial charge in [-0.3, -0.25) is 9.59 Å². The summed E-state index contributed by atoms with van der Waals surface area (Å²) in [6.45, 7) is 7.01. The summed E-state index contributed by atoms with van der Waals surface area (Å²) in [7, 11) is 1.51. The molecule has 0 aliphatic carbocycles. The van der Waals surface area contributed by atoms with Crippen LogP contribution in [-0.4, -0.2) is 60.3 Å². The molecule has 1 unspecified atom stereocenters. The number of aryl methyl sites for hydroxylation is 1. The minimum atomic E-state index is -0.870. The molecule has 0 bridgehead atoms. The number of aliphatic hydroxyl groups is 1. The molecule has 0 saturated carbocycles. The Balaban J connectivity index is 2.09. The molecule has 2 N–H and O–H groups in total. The van der Waals surface area contributed by atoms with E-state index in [1.54, 1.807) is 37.3 Å². The zero-order valence-electron chi connectivity index (χ0n) is 20.7. The van der Waals surface area contributed by atoms with Crippen molar-refractivity contribution >= 4 is 17.4 Å². The highest BCUT2D eigenvalue weighted by Gasteiger charge is 2.46. The minimum Gasteiger partial charge on any atom is -0.507 e. The van der Waals surface area contributed by atoms with Gasteiger partial charge in [0.05, 0.1) is 31.4 Å². The lowest BCUT2D eigenvalue weighted by Crippen LogP contribution is -2.32. The molecule has 188 valence electrons. The van der Waals surface area contributed by atoms with Crippen molar-refractivity contribution < 1.29 is 34.0 Å². The number of rotatable bonds is 11. The van der Waals surface area contributed by atoms with E-state index in [0.29, 0.717) is 30.1 Å². The number of ketones is 1. The largest absolute Gasteiger partial charge is 0.507 e. The van der Waals surface area contributed by atoms with E-state index in [-0.39, 0.29) is 36.0 Å². The maximum Gasteiger partial charge on any atom is 0.295 e. The van der Waals surface area contributed by atoms with E-state index in [1.165, 1.54) is 18.1 Å². The first-order valence-corrected chi connectivity index (χ1v) is 11.8. The molecule has 1 aliphatic rings. The van der Waals surface area contributed by atoms with Crippen molar-refractivity contribution in [2.45, 2.75) is 39.7 Å². The molecule has 1 heterocycles. The van der Waals surface area contributed by atoms with Gasteiger partial charge >= 0.3 is 0 Å². The van der Waals surface area contributed by atoms with Crippen molar-refractivity contribution in [3.05, 3.63) is 58.7 Å². The van der Waals surface area contributed by atoms with E-state index < -0.39 is 17.7 Å². The Labute approximate surface area is 205 Å². The van der Waals surface area contributed by atoms with E-state index >= 15 is 0 Å². The molecule has 2 aromatic rings. The number of likely N-dealkylation sites (tertiary alicyclic amines) is 1. The van der Waals surface area contributed by atoms with Gasteiger partial charge in [0.2, 0.25) is 0 Å². The summed E-state index contributed by atoms with van der Waals surface area (Å²) < 4.78 is 16.4. The third-order valence-corrected chi connectivity index (χ3v) is 5.88. The van der Waals surface area contributed by atoms with Crippen LogP contribution < -0.4 is 9.47 Å². The van der Waals surface area contributed by atoms with Gasteiger partial charge in [-0.15, -0.1) is 0 Å². The van der Waals surface area contributed by atoms with E-state index in [4.69, 9.17) is 14.2 Å². The number of carbonyl (C=O) groups is 2. The van der Waals surface area contributed by atoms with Crippen LogP contribution in [0.1, 0.15) is 49.4 Å². The van der Waals surface area contributed by atoms with Gasteiger partial charge in [0.25, 0.3) is 11.7 Å². The van der Waals surface area contributed by atoms with E-state index in [2.05, 4.69) is 6.92 Å². The van der Waals surface area contributed by atoms with Gasteiger partial charge in [-0.25, -0.2) is 0 Å². The van der Waals surface area contributed by atoms with Gasteiger partial charge in [-0.05, 0) is 61.7 Å². The van der Waals surface area contributed by atoms with Gasteiger partial charge in [-0.1, -0.05) is 19.4 Å². The Kier molecular flexibility index (Phi) is 8.76. The van der Waals surface area contributed by atoms with Crippen LogP contribution in [-0.2, 0) is 14.3 Å². The molecule has 3 rings (SSSR count). The number of Topliss-reactive ketones (excluding diaryl/α,β-unsaturated/α-hetero) is 1. The lowest BCUT2D eigenvalue weighted by molar-refractivity contribution is -0.140. The number of aliphatic hydroxyl groups excluding tert-OH is 1. The summed E-state index contributed by atoms with van der Waals surface area (Å²) in [6.07, 6.45) is 1.95. The van der Waals surface area contributed by atoms with Gasteiger partial charge < -0.3 is 29.3 Å². The van der Waals surface area contributed by atoms with Crippen LogP contribution in [0.25, 0.3) is 5.76 Å². The first kappa shape index (κ1) is 26.1. The quantitative estimate of drug-likeness (QED) is 0.212. The second kappa shape index (κ2) is 11.8. The highest BCUT2D eigenvalue weighted by Crippen LogP contribution is 2.42. The number of phenols is 1. The molecule has 8 heteroatoms. The van der Waals surface area contributed by atoms with Crippen LogP contribution in [0.15, 0.2) is 42.0 Å². The number of hydrogen-bond donors (Lipinski definition) is 2. The van der Waals surface area contributed by atoms with Crippen LogP contribution in [0.4, 0.5) is 0 Å². The highest BCUT2D eigenvalue weighted by molar-refractivity contribution is 6.46. The molecule has 1 atom stereocenters. The Morgan fingerprint density at radius 2 is 1.80 bits per heavy atom. The predicted octanol–water partition coefficient (Wildman–Crippen LogP) is 4.35. The third-order valence-electron chi connectivity index (χ3n) is 5.88. The number of unbranched alkanes of at least 4 members (excludes halogenated alkanes) is 1. The maximum absolute atomic E-state index is 13.1. The SMILES string of the molecule is CCCCOc1ccc(/C(O)=C2\C(=O)C(=O)N(CCOC)C2c2ccc(O)c(OCC)c2)cc1C. The Morgan fingerprint density at radius 3 is 2.46 bits per heavy atom. The lowest BCUT2D eigenvalue weighted by atomic mass is 9.94. The number of methoxy groups -OCH3 is 1. The Morgan fingerprint density at radius 1 is 1.03 bits per heavy atom. The van der Waals surface area contributed by atoms with Gasteiger partial charge in [0, 0.05) is 19.2 Å². The summed E-state index contributed by atoms with van der Waals surface area (Å²) in [6, 6.07) is 8.93. The smallest absolute Gasteiger partial charge is 0.295 e. The second-order valence-electron chi connectivity index (χ2n) is 8.33. The monoisotopic (exact) mass is 483 g/mol. The Bertz CT molecular complexity index is 1110.